The van der Waals surface area contributed by atoms with Crippen LogP contribution in [0.15, 0.2) is 58.2 Å². The number of thioether (sulfide) groups is 1. The lowest BCUT2D eigenvalue weighted by atomic mass is 10.2. The molecule has 0 aliphatic rings. The normalized spacial score (nSPS) is 10.1. The van der Waals surface area contributed by atoms with Crippen LogP contribution in [-0.4, -0.2) is 28.5 Å². The van der Waals surface area contributed by atoms with Crippen molar-refractivity contribution >= 4 is 29.3 Å². The van der Waals surface area contributed by atoms with Crippen LogP contribution < -0.4 is 0 Å². The van der Waals surface area contributed by atoms with Crippen LogP contribution in [-0.2, 0) is 4.74 Å². The van der Waals surface area contributed by atoms with Gasteiger partial charge in [0.2, 0.25) is 5.89 Å². The summed E-state index contributed by atoms with van der Waals surface area (Å²) < 4.78 is 23.9. The third kappa shape index (κ3) is 5.33. The summed E-state index contributed by atoms with van der Waals surface area (Å²) in [6.45, 7) is -0.134. The van der Waals surface area contributed by atoms with Gasteiger partial charge in [0.15, 0.2) is 6.61 Å². The van der Waals surface area contributed by atoms with Crippen molar-refractivity contribution in [3.63, 3.8) is 0 Å². The van der Waals surface area contributed by atoms with Crippen LogP contribution in [0.3, 0.4) is 0 Å². The lowest BCUT2D eigenvalue weighted by Gasteiger charge is -2.01. The molecular weight excluding hydrogens is 391 g/mol. The Balaban J connectivity index is 1.46. The standard InChI is InChI=1S/C19H12ClFN2O3S/c20-14-7-5-6-13(12-14)17-22-23-19(26-17)27-11-4-3-10-25-18(24)15-8-1-2-9-16(15)21/h1-2,5-9,12H,10-11H2. The van der Waals surface area contributed by atoms with Crippen molar-refractivity contribution in [1.29, 1.82) is 0 Å². The summed E-state index contributed by atoms with van der Waals surface area (Å²) >= 11 is 7.18. The number of benzene rings is 2. The first-order valence-electron chi connectivity index (χ1n) is 7.73. The van der Waals surface area contributed by atoms with Crippen LogP contribution in [0.1, 0.15) is 10.4 Å². The molecule has 0 aliphatic heterocycles. The van der Waals surface area contributed by atoms with Crippen LogP contribution in [0.4, 0.5) is 4.39 Å². The van der Waals surface area contributed by atoms with Crippen LogP contribution in [0.25, 0.3) is 11.5 Å². The molecule has 8 heteroatoms. The molecule has 0 unspecified atom stereocenters. The average Bonchev–Trinajstić information content (AvgIpc) is 3.14. The largest absolute Gasteiger partial charge is 0.449 e. The molecule has 0 amide bonds. The van der Waals surface area contributed by atoms with Gasteiger partial charge in [0.25, 0.3) is 5.22 Å². The van der Waals surface area contributed by atoms with Gasteiger partial charge in [-0.2, -0.15) is 0 Å². The summed E-state index contributed by atoms with van der Waals surface area (Å²) in [5.41, 5.74) is 0.612. The van der Waals surface area contributed by atoms with Gasteiger partial charge in [-0.25, -0.2) is 9.18 Å². The first kappa shape index (κ1) is 19.0. The zero-order valence-corrected chi connectivity index (χ0v) is 15.4. The maximum Gasteiger partial charge on any atom is 0.342 e. The fraction of sp³-hybridized carbons (Fsp3) is 0.105. The minimum atomic E-state index is -0.752. The third-order valence-electron chi connectivity index (χ3n) is 3.24. The topological polar surface area (TPSA) is 65.2 Å². The Bertz CT molecular complexity index is 1010. The van der Waals surface area contributed by atoms with E-state index in [-0.39, 0.29) is 12.2 Å². The summed E-state index contributed by atoms with van der Waals surface area (Å²) in [6.07, 6.45) is 0. The van der Waals surface area contributed by atoms with Crippen molar-refractivity contribution in [2.75, 3.05) is 12.4 Å². The SMILES string of the molecule is O=C(OCC#CCSc1nnc(-c2cccc(Cl)c2)o1)c1ccccc1F. The van der Waals surface area contributed by atoms with Crippen molar-refractivity contribution in [2.24, 2.45) is 0 Å². The van der Waals surface area contributed by atoms with E-state index in [0.29, 0.717) is 21.9 Å². The molecule has 0 saturated carbocycles. The van der Waals surface area contributed by atoms with Gasteiger partial charge in [0, 0.05) is 10.6 Å². The van der Waals surface area contributed by atoms with Gasteiger partial charge in [-0.1, -0.05) is 53.4 Å². The minimum absolute atomic E-state index is 0.118. The second kappa shape index (κ2) is 9.21. The molecule has 136 valence electrons. The van der Waals surface area contributed by atoms with Gasteiger partial charge in [0.1, 0.15) is 5.82 Å². The maximum absolute atomic E-state index is 13.4. The number of hydrogen-bond acceptors (Lipinski definition) is 6. The molecule has 0 bridgehead atoms. The number of hydrogen-bond donors (Lipinski definition) is 0. The van der Waals surface area contributed by atoms with Gasteiger partial charge < -0.3 is 9.15 Å². The second-order valence-corrected chi connectivity index (χ2v) is 6.44. The van der Waals surface area contributed by atoms with Crippen molar-refractivity contribution in [2.45, 2.75) is 5.22 Å². The fourth-order valence-corrected chi connectivity index (χ4v) is 2.74. The van der Waals surface area contributed by atoms with E-state index in [0.717, 1.165) is 5.56 Å². The van der Waals surface area contributed by atoms with Crippen molar-refractivity contribution in [3.05, 3.63) is 64.9 Å². The molecule has 27 heavy (non-hydrogen) atoms. The molecule has 5 nitrogen and oxygen atoms in total. The smallest absolute Gasteiger partial charge is 0.342 e. The molecule has 0 aliphatic carbocycles. The van der Waals surface area contributed by atoms with E-state index in [2.05, 4.69) is 22.0 Å². The van der Waals surface area contributed by atoms with Crippen molar-refractivity contribution in [1.82, 2.24) is 10.2 Å². The first-order chi connectivity index (χ1) is 13.1. The van der Waals surface area contributed by atoms with Crippen LogP contribution in [0, 0.1) is 17.7 Å². The number of nitrogens with zero attached hydrogens (tertiary/aromatic N) is 2. The van der Waals surface area contributed by atoms with E-state index in [9.17, 15) is 9.18 Å². The molecule has 1 aromatic heterocycles. The highest BCUT2D eigenvalue weighted by Gasteiger charge is 2.11. The minimum Gasteiger partial charge on any atom is -0.449 e. The Labute approximate surface area is 163 Å². The van der Waals surface area contributed by atoms with Crippen LogP contribution in [0.2, 0.25) is 5.02 Å². The number of halogens is 2. The van der Waals surface area contributed by atoms with Gasteiger partial charge in [-0.3, -0.25) is 0 Å². The van der Waals surface area contributed by atoms with Crippen LogP contribution >= 0.6 is 23.4 Å². The van der Waals surface area contributed by atoms with E-state index < -0.39 is 11.8 Å². The van der Waals surface area contributed by atoms with Gasteiger partial charge in [-0.15, -0.1) is 10.2 Å². The monoisotopic (exact) mass is 402 g/mol. The van der Waals surface area contributed by atoms with Gasteiger partial charge >= 0.3 is 5.97 Å². The lowest BCUT2D eigenvalue weighted by Crippen LogP contribution is -2.07. The molecular formula is C19H12ClFN2O3S. The highest BCUT2D eigenvalue weighted by molar-refractivity contribution is 7.99. The first-order valence-corrected chi connectivity index (χ1v) is 9.09. The number of carbonyl (C=O) groups excluding carboxylic acids is 1. The Morgan fingerprint density at radius 2 is 2.04 bits per heavy atom. The molecule has 0 atom stereocenters. The molecule has 0 fully saturated rings. The second-order valence-electron chi connectivity index (χ2n) is 5.08. The van der Waals surface area contributed by atoms with Gasteiger partial charge in [0.05, 0.1) is 11.3 Å². The molecule has 2 aromatic carbocycles. The summed E-state index contributed by atoms with van der Waals surface area (Å²) in [4.78, 5) is 11.7. The molecule has 3 aromatic rings. The molecule has 0 radical (unpaired) electrons. The molecule has 1 heterocycles. The number of rotatable bonds is 5. The summed E-state index contributed by atoms with van der Waals surface area (Å²) in [7, 11) is 0. The summed E-state index contributed by atoms with van der Waals surface area (Å²) in [5.74, 6) is 4.84. The lowest BCUT2D eigenvalue weighted by molar-refractivity contribution is 0.0551. The zero-order chi connectivity index (χ0) is 19.1. The molecule has 0 N–H and O–H groups in total. The van der Waals surface area contributed by atoms with E-state index >= 15 is 0 Å². The summed E-state index contributed by atoms with van der Waals surface area (Å²) in [5, 5.41) is 8.83. The quantitative estimate of drug-likeness (QED) is 0.356. The average molecular weight is 403 g/mol. The van der Waals surface area contributed by atoms with E-state index in [4.69, 9.17) is 20.8 Å². The predicted molar refractivity (Wildman–Crippen MR) is 99.9 cm³/mol. The molecule has 0 spiro atoms. The van der Waals surface area contributed by atoms with Crippen LogP contribution in [0.5, 0.6) is 0 Å². The molecule has 3 rings (SSSR count). The Morgan fingerprint density at radius 1 is 1.19 bits per heavy atom. The van der Waals surface area contributed by atoms with E-state index in [1.165, 1.54) is 30.0 Å². The number of aromatic nitrogens is 2. The zero-order valence-electron chi connectivity index (χ0n) is 13.8. The van der Waals surface area contributed by atoms with Crippen molar-refractivity contribution < 1.29 is 18.3 Å². The third-order valence-corrected chi connectivity index (χ3v) is 4.18. The highest BCUT2D eigenvalue weighted by atomic mass is 35.5. The number of ether oxygens (including phenoxy) is 1. The Kier molecular flexibility index (Phi) is 6.47. The fourth-order valence-electron chi connectivity index (χ4n) is 2.01. The Morgan fingerprint density at radius 3 is 2.85 bits per heavy atom. The van der Waals surface area contributed by atoms with E-state index in [1.54, 1.807) is 24.3 Å². The molecule has 0 saturated heterocycles. The number of carbonyl (C=O) groups is 1. The summed E-state index contributed by atoms with van der Waals surface area (Å²) in [6, 6.07) is 12.7. The predicted octanol–water partition coefficient (Wildman–Crippen LogP) is 4.48. The maximum atomic E-state index is 13.4. The van der Waals surface area contributed by atoms with Gasteiger partial charge in [-0.05, 0) is 30.3 Å². The van der Waals surface area contributed by atoms with Crippen molar-refractivity contribution in [3.8, 4) is 23.3 Å². The van der Waals surface area contributed by atoms with E-state index in [1.807, 2.05) is 6.07 Å². The Hall–Kier alpha value is -2.82. The highest BCUT2D eigenvalue weighted by Crippen LogP contribution is 2.24. The number of esters is 1.